The number of benzene rings is 1. The van der Waals surface area contributed by atoms with Crippen LogP contribution in [0.3, 0.4) is 0 Å². The van der Waals surface area contributed by atoms with Gasteiger partial charge in [0.2, 0.25) is 0 Å². The Kier molecular flexibility index (Phi) is 4.62. The van der Waals surface area contributed by atoms with E-state index in [-0.39, 0.29) is 12.0 Å². The lowest BCUT2D eigenvalue weighted by Crippen LogP contribution is -2.12. The summed E-state index contributed by atoms with van der Waals surface area (Å²) in [5.41, 5.74) is 1.19. The average molecular weight is 226 g/mol. The van der Waals surface area contributed by atoms with Crippen LogP contribution in [0.2, 0.25) is 0 Å². The Morgan fingerprint density at radius 1 is 1.44 bits per heavy atom. The van der Waals surface area contributed by atoms with Crippen LogP contribution in [0.1, 0.15) is 25.3 Å². The molecular formula is C13H16F2O. The van der Waals surface area contributed by atoms with E-state index < -0.39 is 17.7 Å². The standard InChI is InChI=1S/C13H16F2O/c1-9(2)6-7-11(16)8-10-4-3-5-12(14)13(10)15/h3-5,11,16H,1,6-8H2,2H3. The first kappa shape index (κ1) is 12.8. The molecule has 0 spiro atoms. The first-order chi connectivity index (χ1) is 7.50. The molecule has 0 saturated carbocycles. The molecule has 1 aromatic rings. The van der Waals surface area contributed by atoms with Crippen molar-refractivity contribution >= 4 is 0 Å². The summed E-state index contributed by atoms with van der Waals surface area (Å²) < 4.78 is 26.1. The molecule has 1 rings (SSSR count). The maximum Gasteiger partial charge on any atom is 0.162 e. The van der Waals surface area contributed by atoms with Crippen LogP contribution in [0.5, 0.6) is 0 Å². The number of aliphatic hydroxyl groups is 1. The molecule has 0 saturated heterocycles. The Morgan fingerprint density at radius 2 is 2.12 bits per heavy atom. The minimum absolute atomic E-state index is 0.136. The maximum absolute atomic E-state index is 13.3. The van der Waals surface area contributed by atoms with Crippen molar-refractivity contribution in [1.82, 2.24) is 0 Å². The van der Waals surface area contributed by atoms with Gasteiger partial charge in [0.25, 0.3) is 0 Å². The van der Waals surface area contributed by atoms with Crippen LogP contribution < -0.4 is 0 Å². The molecule has 3 heteroatoms. The van der Waals surface area contributed by atoms with Crippen molar-refractivity contribution in [1.29, 1.82) is 0 Å². The lowest BCUT2D eigenvalue weighted by molar-refractivity contribution is 0.163. The minimum atomic E-state index is -0.871. The van der Waals surface area contributed by atoms with Gasteiger partial charge in [0.15, 0.2) is 11.6 Å². The van der Waals surface area contributed by atoms with E-state index in [9.17, 15) is 13.9 Å². The van der Waals surface area contributed by atoms with Crippen LogP contribution >= 0.6 is 0 Å². The molecule has 0 radical (unpaired) electrons. The van der Waals surface area contributed by atoms with E-state index in [0.29, 0.717) is 12.8 Å². The van der Waals surface area contributed by atoms with Crippen LogP contribution in [0, 0.1) is 11.6 Å². The number of hydrogen-bond donors (Lipinski definition) is 1. The molecule has 0 aliphatic heterocycles. The molecule has 1 aromatic carbocycles. The molecule has 1 N–H and O–H groups in total. The summed E-state index contributed by atoms with van der Waals surface area (Å²) in [7, 11) is 0. The Labute approximate surface area is 94.4 Å². The zero-order chi connectivity index (χ0) is 12.1. The summed E-state index contributed by atoms with van der Waals surface area (Å²) >= 11 is 0. The van der Waals surface area contributed by atoms with Crippen molar-refractivity contribution in [3.63, 3.8) is 0 Å². The predicted molar refractivity (Wildman–Crippen MR) is 60.1 cm³/mol. The van der Waals surface area contributed by atoms with E-state index in [1.165, 1.54) is 12.1 Å². The van der Waals surface area contributed by atoms with Crippen LogP contribution in [0.25, 0.3) is 0 Å². The van der Waals surface area contributed by atoms with Crippen LogP contribution in [-0.4, -0.2) is 11.2 Å². The van der Waals surface area contributed by atoms with Crippen LogP contribution in [-0.2, 0) is 6.42 Å². The fourth-order valence-electron chi connectivity index (χ4n) is 1.48. The molecule has 0 bridgehead atoms. The number of halogens is 2. The van der Waals surface area contributed by atoms with Gasteiger partial charge in [-0.15, -0.1) is 6.58 Å². The Bertz CT molecular complexity index is 374. The van der Waals surface area contributed by atoms with Crippen LogP contribution in [0.4, 0.5) is 8.78 Å². The summed E-state index contributed by atoms with van der Waals surface area (Å²) in [4.78, 5) is 0. The smallest absolute Gasteiger partial charge is 0.162 e. The second-order valence-corrected chi connectivity index (χ2v) is 4.07. The molecule has 0 heterocycles. The third kappa shape index (κ3) is 3.74. The first-order valence-corrected chi connectivity index (χ1v) is 5.26. The zero-order valence-corrected chi connectivity index (χ0v) is 9.34. The first-order valence-electron chi connectivity index (χ1n) is 5.26. The molecule has 0 amide bonds. The molecular weight excluding hydrogens is 210 g/mol. The van der Waals surface area contributed by atoms with Crippen molar-refractivity contribution in [3.8, 4) is 0 Å². The largest absolute Gasteiger partial charge is 0.393 e. The van der Waals surface area contributed by atoms with E-state index in [0.717, 1.165) is 11.6 Å². The molecule has 0 aliphatic carbocycles. The molecule has 1 atom stereocenters. The van der Waals surface area contributed by atoms with Crippen molar-refractivity contribution in [3.05, 3.63) is 47.5 Å². The highest BCUT2D eigenvalue weighted by atomic mass is 19.2. The van der Waals surface area contributed by atoms with E-state index in [1.54, 1.807) is 0 Å². The van der Waals surface area contributed by atoms with Crippen molar-refractivity contribution in [2.24, 2.45) is 0 Å². The summed E-state index contributed by atoms with van der Waals surface area (Å²) in [5.74, 6) is -1.73. The summed E-state index contributed by atoms with van der Waals surface area (Å²) in [6, 6.07) is 4.00. The Hall–Kier alpha value is -1.22. The van der Waals surface area contributed by atoms with Crippen molar-refractivity contribution in [2.75, 3.05) is 0 Å². The summed E-state index contributed by atoms with van der Waals surface area (Å²) in [5, 5.41) is 9.64. The second kappa shape index (κ2) is 5.75. The van der Waals surface area contributed by atoms with E-state index in [2.05, 4.69) is 6.58 Å². The SMILES string of the molecule is C=C(C)CCC(O)Cc1cccc(F)c1F. The normalized spacial score (nSPS) is 12.5. The molecule has 0 aliphatic rings. The highest BCUT2D eigenvalue weighted by Gasteiger charge is 2.12. The molecule has 0 fully saturated rings. The van der Waals surface area contributed by atoms with Crippen molar-refractivity contribution in [2.45, 2.75) is 32.3 Å². The van der Waals surface area contributed by atoms with Gasteiger partial charge < -0.3 is 5.11 Å². The number of aliphatic hydroxyl groups excluding tert-OH is 1. The molecule has 1 unspecified atom stereocenters. The molecule has 88 valence electrons. The van der Waals surface area contributed by atoms with Crippen molar-refractivity contribution < 1.29 is 13.9 Å². The average Bonchev–Trinajstić information content (AvgIpc) is 2.22. The highest BCUT2D eigenvalue weighted by Crippen LogP contribution is 2.15. The number of allylic oxidation sites excluding steroid dienone is 1. The third-order valence-electron chi connectivity index (χ3n) is 2.39. The van der Waals surface area contributed by atoms with Gasteiger partial charge in [-0.2, -0.15) is 0 Å². The zero-order valence-electron chi connectivity index (χ0n) is 9.34. The Morgan fingerprint density at radius 3 is 2.75 bits per heavy atom. The van der Waals surface area contributed by atoms with E-state index in [4.69, 9.17) is 0 Å². The quantitative estimate of drug-likeness (QED) is 0.764. The van der Waals surface area contributed by atoms with Gasteiger partial charge in [-0.1, -0.05) is 17.7 Å². The van der Waals surface area contributed by atoms with Gasteiger partial charge in [0, 0.05) is 6.42 Å². The van der Waals surface area contributed by atoms with Gasteiger partial charge in [0.1, 0.15) is 0 Å². The predicted octanol–water partition coefficient (Wildman–Crippen LogP) is 3.22. The van der Waals surface area contributed by atoms with E-state index in [1.807, 2.05) is 6.92 Å². The Balaban J connectivity index is 2.59. The summed E-state index contributed by atoms with van der Waals surface area (Å²) in [6.45, 7) is 5.59. The van der Waals surface area contributed by atoms with Gasteiger partial charge in [-0.3, -0.25) is 0 Å². The second-order valence-electron chi connectivity index (χ2n) is 4.07. The van der Waals surface area contributed by atoms with Gasteiger partial charge in [-0.05, 0) is 31.4 Å². The number of rotatable bonds is 5. The lowest BCUT2D eigenvalue weighted by atomic mass is 10.0. The van der Waals surface area contributed by atoms with Gasteiger partial charge in [-0.25, -0.2) is 8.78 Å². The molecule has 0 aromatic heterocycles. The van der Waals surface area contributed by atoms with Gasteiger partial charge in [0.05, 0.1) is 6.10 Å². The topological polar surface area (TPSA) is 20.2 Å². The minimum Gasteiger partial charge on any atom is -0.393 e. The molecule has 1 nitrogen and oxygen atoms in total. The van der Waals surface area contributed by atoms with E-state index >= 15 is 0 Å². The number of hydrogen-bond acceptors (Lipinski definition) is 1. The fraction of sp³-hybridized carbons (Fsp3) is 0.385. The molecule has 16 heavy (non-hydrogen) atoms. The highest BCUT2D eigenvalue weighted by molar-refractivity contribution is 5.19. The summed E-state index contributed by atoms with van der Waals surface area (Å²) in [6.07, 6.45) is 0.688. The fourth-order valence-corrected chi connectivity index (χ4v) is 1.48. The van der Waals surface area contributed by atoms with Crippen LogP contribution in [0.15, 0.2) is 30.4 Å². The third-order valence-corrected chi connectivity index (χ3v) is 2.39. The maximum atomic E-state index is 13.3. The monoisotopic (exact) mass is 226 g/mol. The lowest BCUT2D eigenvalue weighted by Gasteiger charge is -2.11. The van der Waals surface area contributed by atoms with Gasteiger partial charge >= 0.3 is 0 Å².